The van der Waals surface area contributed by atoms with Crippen molar-refractivity contribution in [2.24, 2.45) is 12.0 Å². The normalized spacial score (nSPS) is 16.3. The van der Waals surface area contributed by atoms with Crippen LogP contribution in [-0.2, 0) is 18.3 Å². The molecule has 6 heteroatoms. The Balaban J connectivity index is 1.51. The maximum atomic E-state index is 5.46. The number of aliphatic imine (C=N–C) groups is 1. The Morgan fingerprint density at radius 3 is 2.74 bits per heavy atom. The highest BCUT2D eigenvalue weighted by molar-refractivity contribution is 6.15. The summed E-state index contributed by atoms with van der Waals surface area (Å²) in [4.78, 5) is 15.9. The van der Waals surface area contributed by atoms with Crippen molar-refractivity contribution < 1.29 is 4.74 Å². The van der Waals surface area contributed by atoms with Gasteiger partial charge in [-0.25, -0.2) is 9.97 Å². The Hall–Kier alpha value is -2.99. The second-order valence-corrected chi connectivity index (χ2v) is 6.93. The number of nitrogens with zero attached hydrogens (tertiary/aromatic N) is 5. The van der Waals surface area contributed by atoms with Gasteiger partial charge >= 0.3 is 0 Å². The summed E-state index contributed by atoms with van der Waals surface area (Å²) < 4.78 is 7.49. The summed E-state index contributed by atoms with van der Waals surface area (Å²) in [5.41, 5.74) is 6.89. The number of imidazole rings is 1. The van der Waals surface area contributed by atoms with Gasteiger partial charge < -0.3 is 14.2 Å². The predicted octanol–water partition coefficient (Wildman–Crippen LogP) is 2.67. The fourth-order valence-electron chi connectivity index (χ4n) is 3.76. The van der Waals surface area contributed by atoms with Gasteiger partial charge in [-0.3, -0.25) is 4.99 Å². The lowest BCUT2D eigenvalue weighted by molar-refractivity contribution is 0.122. The number of ether oxygens (including phenoxy) is 1. The third kappa shape index (κ3) is 2.92. The minimum absolute atomic E-state index is 0.728. The first kappa shape index (κ1) is 16.2. The van der Waals surface area contributed by atoms with Crippen molar-refractivity contribution in [1.29, 1.82) is 0 Å². The van der Waals surface area contributed by atoms with Gasteiger partial charge in [0.1, 0.15) is 5.82 Å². The van der Waals surface area contributed by atoms with Crippen LogP contribution >= 0.6 is 0 Å². The van der Waals surface area contributed by atoms with Crippen LogP contribution in [0.3, 0.4) is 0 Å². The molecular formula is C21H21N5O. The molecule has 2 aromatic heterocycles. The number of rotatable bonds is 3. The second-order valence-electron chi connectivity index (χ2n) is 6.93. The van der Waals surface area contributed by atoms with Crippen molar-refractivity contribution in [2.45, 2.75) is 6.54 Å². The van der Waals surface area contributed by atoms with Crippen LogP contribution in [0.15, 0.2) is 54.0 Å². The van der Waals surface area contributed by atoms with Gasteiger partial charge in [-0.1, -0.05) is 12.1 Å². The fraction of sp³-hybridized carbons (Fsp3) is 0.286. The molecule has 136 valence electrons. The molecule has 0 unspecified atom stereocenters. The van der Waals surface area contributed by atoms with E-state index in [1.807, 2.05) is 30.3 Å². The minimum Gasteiger partial charge on any atom is -0.378 e. The number of aromatic nitrogens is 3. The van der Waals surface area contributed by atoms with E-state index in [0.29, 0.717) is 0 Å². The van der Waals surface area contributed by atoms with Gasteiger partial charge in [0.2, 0.25) is 0 Å². The van der Waals surface area contributed by atoms with E-state index >= 15 is 0 Å². The summed E-state index contributed by atoms with van der Waals surface area (Å²) in [5, 5.41) is 0. The molecule has 1 aromatic carbocycles. The van der Waals surface area contributed by atoms with Crippen molar-refractivity contribution >= 4 is 11.5 Å². The monoisotopic (exact) mass is 359 g/mol. The Labute approximate surface area is 158 Å². The SMILES string of the molecule is Cn1cncc1-c1ccc2c(c1)C(c1ccnc(N3CCOCC3)c1)=NC2. The summed E-state index contributed by atoms with van der Waals surface area (Å²) in [6, 6.07) is 10.8. The van der Waals surface area contributed by atoms with Crippen molar-refractivity contribution in [3.8, 4) is 11.3 Å². The predicted molar refractivity (Wildman–Crippen MR) is 105 cm³/mol. The molecule has 0 aliphatic carbocycles. The van der Waals surface area contributed by atoms with E-state index in [4.69, 9.17) is 9.73 Å². The highest BCUT2D eigenvalue weighted by atomic mass is 16.5. The lowest BCUT2D eigenvalue weighted by Crippen LogP contribution is -2.36. The summed E-state index contributed by atoms with van der Waals surface area (Å²) in [5.74, 6) is 0.995. The van der Waals surface area contributed by atoms with E-state index < -0.39 is 0 Å². The van der Waals surface area contributed by atoms with Crippen molar-refractivity contribution in [1.82, 2.24) is 14.5 Å². The van der Waals surface area contributed by atoms with Crippen LogP contribution in [0.4, 0.5) is 5.82 Å². The molecule has 0 radical (unpaired) electrons. The van der Waals surface area contributed by atoms with Crippen LogP contribution in [0.2, 0.25) is 0 Å². The Morgan fingerprint density at radius 1 is 1.04 bits per heavy atom. The molecule has 0 atom stereocenters. The molecule has 2 aliphatic heterocycles. The first-order valence-corrected chi connectivity index (χ1v) is 9.23. The number of anilines is 1. The molecular weight excluding hydrogens is 338 g/mol. The van der Waals surface area contributed by atoms with Gasteiger partial charge in [0.05, 0.1) is 43.7 Å². The fourth-order valence-corrected chi connectivity index (χ4v) is 3.76. The third-order valence-electron chi connectivity index (χ3n) is 5.24. The highest BCUT2D eigenvalue weighted by Crippen LogP contribution is 2.29. The summed E-state index contributed by atoms with van der Waals surface area (Å²) in [7, 11) is 2.02. The number of hydrogen-bond donors (Lipinski definition) is 0. The van der Waals surface area contributed by atoms with Gasteiger partial charge in [0, 0.05) is 43.0 Å². The summed E-state index contributed by atoms with van der Waals surface area (Å²) in [6.45, 7) is 3.99. The molecule has 0 spiro atoms. The van der Waals surface area contributed by atoms with Crippen LogP contribution in [-0.4, -0.2) is 46.6 Å². The van der Waals surface area contributed by atoms with Gasteiger partial charge in [-0.05, 0) is 23.8 Å². The number of hydrogen-bond acceptors (Lipinski definition) is 5. The molecule has 0 N–H and O–H groups in total. The molecule has 6 nitrogen and oxygen atoms in total. The largest absolute Gasteiger partial charge is 0.378 e. The lowest BCUT2D eigenvalue weighted by Gasteiger charge is -2.28. The average molecular weight is 359 g/mol. The van der Waals surface area contributed by atoms with Crippen LogP contribution < -0.4 is 4.90 Å². The molecule has 5 rings (SSSR count). The minimum atomic E-state index is 0.728. The Kier molecular flexibility index (Phi) is 3.98. The molecule has 3 aromatic rings. The molecule has 2 aliphatic rings. The first-order valence-electron chi connectivity index (χ1n) is 9.23. The van der Waals surface area contributed by atoms with Gasteiger partial charge in [0.15, 0.2) is 0 Å². The molecule has 1 fully saturated rings. The second kappa shape index (κ2) is 6.63. The zero-order valence-corrected chi connectivity index (χ0v) is 15.3. The number of morpholine rings is 1. The van der Waals surface area contributed by atoms with Crippen LogP contribution in [0.1, 0.15) is 16.7 Å². The topological polar surface area (TPSA) is 55.5 Å². The van der Waals surface area contributed by atoms with E-state index in [-0.39, 0.29) is 0 Å². The van der Waals surface area contributed by atoms with E-state index in [0.717, 1.165) is 61.2 Å². The molecule has 0 bridgehead atoms. The first-order chi connectivity index (χ1) is 13.3. The number of fused-ring (bicyclic) bond motifs is 1. The summed E-state index contributed by atoms with van der Waals surface area (Å²) >= 11 is 0. The van der Waals surface area contributed by atoms with Gasteiger partial charge in [-0.2, -0.15) is 0 Å². The van der Waals surface area contributed by atoms with Crippen molar-refractivity contribution in [3.05, 3.63) is 65.7 Å². The van der Waals surface area contributed by atoms with E-state index in [1.165, 1.54) is 11.1 Å². The quantitative estimate of drug-likeness (QED) is 0.721. The zero-order chi connectivity index (χ0) is 18.2. The van der Waals surface area contributed by atoms with Crippen molar-refractivity contribution in [2.75, 3.05) is 31.2 Å². The molecule has 1 saturated heterocycles. The molecule has 27 heavy (non-hydrogen) atoms. The van der Waals surface area contributed by atoms with Crippen LogP contribution in [0.25, 0.3) is 11.3 Å². The standard InChI is InChI=1S/C21H21N5O/c1-25-14-22-13-19(25)15-2-3-17-12-24-21(18(17)10-15)16-4-5-23-20(11-16)26-6-8-27-9-7-26/h2-5,10-11,13-14H,6-9,12H2,1H3. The number of benzene rings is 1. The maximum absolute atomic E-state index is 5.46. The average Bonchev–Trinajstić information content (AvgIpc) is 3.34. The van der Waals surface area contributed by atoms with Gasteiger partial charge in [0.25, 0.3) is 0 Å². The molecule has 0 saturated carbocycles. The Bertz CT molecular complexity index is 1020. The summed E-state index contributed by atoms with van der Waals surface area (Å²) in [6.07, 6.45) is 5.61. The number of pyridine rings is 1. The van der Waals surface area contributed by atoms with E-state index in [2.05, 4.69) is 45.2 Å². The van der Waals surface area contributed by atoms with Crippen molar-refractivity contribution in [3.63, 3.8) is 0 Å². The molecule has 0 amide bonds. The Morgan fingerprint density at radius 2 is 1.93 bits per heavy atom. The third-order valence-corrected chi connectivity index (χ3v) is 5.24. The zero-order valence-electron chi connectivity index (χ0n) is 15.3. The van der Waals surface area contributed by atoms with E-state index in [1.54, 1.807) is 0 Å². The van der Waals surface area contributed by atoms with E-state index in [9.17, 15) is 0 Å². The van der Waals surface area contributed by atoms with Gasteiger partial charge in [-0.15, -0.1) is 0 Å². The lowest BCUT2D eigenvalue weighted by atomic mass is 9.97. The van der Waals surface area contributed by atoms with Crippen LogP contribution in [0, 0.1) is 0 Å². The molecule has 4 heterocycles. The number of aryl methyl sites for hydroxylation is 1. The smallest absolute Gasteiger partial charge is 0.129 e. The van der Waals surface area contributed by atoms with Crippen LogP contribution in [0.5, 0.6) is 0 Å². The maximum Gasteiger partial charge on any atom is 0.129 e. The highest BCUT2D eigenvalue weighted by Gasteiger charge is 2.20.